The largest absolute Gasteiger partial charge is 0.461 e. The fraction of sp³-hybridized carbons (Fsp3) is 0.167. The Bertz CT molecular complexity index is 700. The molecule has 2 aromatic carbocycles. The van der Waals surface area contributed by atoms with Crippen molar-refractivity contribution in [1.82, 2.24) is 0 Å². The maximum Gasteiger partial charge on any atom is 0.309 e. The first-order valence-electron chi connectivity index (χ1n) is 7.03. The van der Waals surface area contributed by atoms with Gasteiger partial charge in [0.25, 0.3) is 0 Å². The lowest BCUT2D eigenvalue weighted by molar-refractivity contribution is -0.168. The second-order valence-corrected chi connectivity index (χ2v) is 6.52. The van der Waals surface area contributed by atoms with E-state index in [0.29, 0.717) is 17.9 Å². The molecule has 1 heterocycles. The molecule has 4 heteroatoms. The van der Waals surface area contributed by atoms with Gasteiger partial charge in [-0.2, -0.15) is 0 Å². The quantitative estimate of drug-likeness (QED) is 0.670. The van der Waals surface area contributed by atoms with Gasteiger partial charge in [-0.25, -0.2) is 0 Å². The van der Waals surface area contributed by atoms with E-state index >= 15 is 0 Å². The summed E-state index contributed by atoms with van der Waals surface area (Å²) in [4.78, 5) is 10.8. The molecule has 1 aliphatic rings. The van der Waals surface area contributed by atoms with Crippen LogP contribution in [0.1, 0.15) is 18.4 Å². The summed E-state index contributed by atoms with van der Waals surface area (Å²) in [5.41, 5.74) is 3.27. The van der Waals surface area contributed by atoms with E-state index in [1.807, 2.05) is 30.3 Å². The predicted octanol–water partition coefficient (Wildman–Crippen LogP) is 5.36. The van der Waals surface area contributed by atoms with Crippen LogP contribution in [-0.2, 0) is 9.53 Å². The number of benzene rings is 2. The molecule has 0 bridgehead atoms. The van der Waals surface area contributed by atoms with Crippen molar-refractivity contribution in [2.24, 2.45) is 0 Å². The Morgan fingerprint density at radius 2 is 1.68 bits per heavy atom. The van der Waals surface area contributed by atoms with Crippen LogP contribution in [0.25, 0.3) is 16.2 Å². The van der Waals surface area contributed by atoms with Crippen molar-refractivity contribution < 1.29 is 9.53 Å². The van der Waals surface area contributed by atoms with Crippen LogP contribution in [-0.4, -0.2) is 12.1 Å². The van der Waals surface area contributed by atoms with E-state index < -0.39 is 0 Å². The number of hydrogen-bond donors (Lipinski definition) is 0. The summed E-state index contributed by atoms with van der Waals surface area (Å²) in [7, 11) is 0. The zero-order valence-corrected chi connectivity index (χ0v) is 14.1. The minimum absolute atomic E-state index is 0.0563. The summed E-state index contributed by atoms with van der Waals surface area (Å²) < 4.78 is 5.87. The Hall–Kier alpha value is -1.58. The third-order valence-electron chi connectivity index (χ3n) is 3.58. The van der Waals surface area contributed by atoms with Gasteiger partial charge in [0.2, 0.25) is 0 Å². The molecule has 3 rings (SSSR count). The van der Waals surface area contributed by atoms with Crippen LogP contribution in [0.5, 0.6) is 0 Å². The van der Waals surface area contributed by atoms with E-state index in [0.717, 1.165) is 15.6 Å². The van der Waals surface area contributed by atoms with Crippen molar-refractivity contribution in [3.63, 3.8) is 0 Å². The highest BCUT2D eigenvalue weighted by Gasteiger charge is 2.29. The average Bonchev–Trinajstić information content (AvgIpc) is 2.53. The van der Waals surface area contributed by atoms with Crippen molar-refractivity contribution in [2.45, 2.75) is 18.9 Å². The lowest BCUT2D eigenvalue weighted by Gasteiger charge is -2.25. The molecule has 22 heavy (non-hydrogen) atoms. The highest BCUT2D eigenvalue weighted by molar-refractivity contribution is 9.11. The van der Waals surface area contributed by atoms with E-state index in [1.54, 1.807) is 0 Å². The second-order valence-electron chi connectivity index (χ2n) is 5.18. The fourth-order valence-electron chi connectivity index (χ4n) is 2.36. The molecule has 0 spiro atoms. The Morgan fingerprint density at radius 3 is 2.27 bits per heavy atom. The van der Waals surface area contributed by atoms with Crippen molar-refractivity contribution in [3.05, 3.63) is 64.6 Å². The molecule has 2 aromatic rings. The first kappa shape index (κ1) is 15.3. The highest BCUT2D eigenvalue weighted by atomic mass is 79.9. The van der Waals surface area contributed by atoms with Crippen LogP contribution in [0.15, 0.2) is 59.1 Å². The van der Waals surface area contributed by atoms with Gasteiger partial charge in [0.15, 0.2) is 0 Å². The van der Waals surface area contributed by atoms with E-state index in [1.165, 1.54) is 5.56 Å². The number of esters is 1. The molecule has 112 valence electrons. The van der Waals surface area contributed by atoms with Gasteiger partial charge in [-0.3, -0.25) is 4.79 Å². The van der Waals surface area contributed by atoms with Gasteiger partial charge in [0.05, 0.1) is 11.5 Å². The van der Waals surface area contributed by atoms with Gasteiger partial charge in [-0.15, -0.1) is 0 Å². The number of halogens is 2. The summed E-state index contributed by atoms with van der Waals surface area (Å²) >= 11 is 9.90. The zero-order chi connectivity index (χ0) is 15.5. The monoisotopic (exact) mass is 376 g/mol. The van der Waals surface area contributed by atoms with Crippen molar-refractivity contribution in [1.29, 1.82) is 0 Å². The Labute approximate surface area is 142 Å². The molecule has 1 aliphatic heterocycles. The molecule has 0 saturated carbocycles. The van der Waals surface area contributed by atoms with E-state index in [-0.39, 0.29) is 12.1 Å². The fourth-order valence-corrected chi connectivity index (χ4v) is 3.15. The highest BCUT2D eigenvalue weighted by Crippen LogP contribution is 2.33. The van der Waals surface area contributed by atoms with Crippen LogP contribution in [0.3, 0.4) is 0 Å². The molecule has 0 N–H and O–H groups in total. The lowest BCUT2D eigenvalue weighted by Crippen LogP contribution is -2.32. The third-order valence-corrected chi connectivity index (χ3v) is 4.98. The Kier molecular flexibility index (Phi) is 4.65. The van der Waals surface area contributed by atoms with Crippen molar-refractivity contribution >= 4 is 38.5 Å². The molecule has 2 nitrogen and oxygen atoms in total. The maximum absolute atomic E-state index is 10.8. The second kappa shape index (κ2) is 6.67. The van der Waals surface area contributed by atoms with Gasteiger partial charge in [-0.05, 0) is 16.7 Å². The number of cyclic esters (lactones) is 1. The van der Waals surface area contributed by atoms with E-state index in [4.69, 9.17) is 16.3 Å². The molecule has 0 aromatic heterocycles. The summed E-state index contributed by atoms with van der Waals surface area (Å²) in [6.07, 6.45) is 1.02. The normalized spacial score (nSPS) is 18.3. The van der Waals surface area contributed by atoms with Crippen LogP contribution in [0.2, 0.25) is 0 Å². The Balaban J connectivity index is 1.75. The standard InChI is InChI=1S/C18H14BrClO2/c19-16(10-15-11-17(21)22-15)18(20)14-8-6-13(7-9-14)12-4-2-1-3-5-12/h1-9,15H,10-11H2/b18-16-/t15-/m1/s1. The average molecular weight is 378 g/mol. The topological polar surface area (TPSA) is 26.3 Å². The first-order chi connectivity index (χ1) is 10.6. The van der Waals surface area contributed by atoms with Crippen LogP contribution < -0.4 is 0 Å². The molecule has 0 amide bonds. The Morgan fingerprint density at radius 1 is 1.09 bits per heavy atom. The third kappa shape index (κ3) is 3.42. The molecule has 1 atom stereocenters. The minimum Gasteiger partial charge on any atom is -0.461 e. The summed E-state index contributed by atoms with van der Waals surface area (Å²) in [6.45, 7) is 0. The lowest BCUT2D eigenvalue weighted by atomic mass is 10.0. The molecule has 0 unspecified atom stereocenters. The number of hydrogen-bond acceptors (Lipinski definition) is 2. The van der Waals surface area contributed by atoms with Crippen LogP contribution >= 0.6 is 27.5 Å². The first-order valence-corrected chi connectivity index (χ1v) is 8.20. The van der Waals surface area contributed by atoms with Gasteiger partial charge >= 0.3 is 5.97 Å². The SMILES string of the molecule is O=C1C[C@@H](C/C(Br)=C(/Cl)c2ccc(-c3ccccc3)cc2)O1. The number of ether oxygens (including phenoxy) is 1. The molecule has 1 fully saturated rings. The minimum atomic E-state index is -0.145. The summed E-state index contributed by atoms with van der Waals surface area (Å²) in [6, 6.07) is 18.3. The molecular weight excluding hydrogens is 364 g/mol. The smallest absolute Gasteiger partial charge is 0.309 e. The van der Waals surface area contributed by atoms with Crippen molar-refractivity contribution in [3.8, 4) is 11.1 Å². The van der Waals surface area contributed by atoms with Crippen LogP contribution in [0.4, 0.5) is 0 Å². The van der Waals surface area contributed by atoms with Crippen LogP contribution in [0, 0.1) is 0 Å². The maximum atomic E-state index is 10.8. The summed E-state index contributed by atoms with van der Waals surface area (Å²) in [5, 5.41) is 0.655. The summed E-state index contributed by atoms with van der Waals surface area (Å²) in [5.74, 6) is -0.145. The van der Waals surface area contributed by atoms with Gasteiger partial charge in [0.1, 0.15) is 6.10 Å². The van der Waals surface area contributed by atoms with E-state index in [2.05, 4.69) is 40.2 Å². The molecule has 0 radical (unpaired) electrons. The number of rotatable bonds is 4. The zero-order valence-electron chi connectivity index (χ0n) is 11.8. The molecule has 1 saturated heterocycles. The van der Waals surface area contributed by atoms with Gasteiger partial charge < -0.3 is 4.74 Å². The molecular formula is C18H14BrClO2. The molecule has 0 aliphatic carbocycles. The van der Waals surface area contributed by atoms with Crippen molar-refractivity contribution in [2.75, 3.05) is 0 Å². The number of carbonyl (C=O) groups is 1. The van der Waals surface area contributed by atoms with E-state index in [9.17, 15) is 4.79 Å². The number of carbonyl (C=O) groups excluding carboxylic acids is 1. The predicted molar refractivity (Wildman–Crippen MR) is 92.7 cm³/mol. The van der Waals surface area contributed by atoms with Gasteiger partial charge in [0, 0.05) is 10.9 Å². The van der Waals surface area contributed by atoms with Gasteiger partial charge in [-0.1, -0.05) is 82.1 Å².